The van der Waals surface area contributed by atoms with E-state index in [9.17, 15) is 0 Å². The number of nitrogens with zero attached hydrogens (tertiary/aromatic N) is 1. The Balaban J connectivity index is 1.63. The molecule has 0 aromatic heterocycles. The summed E-state index contributed by atoms with van der Waals surface area (Å²) < 4.78 is 2.91. The summed E-state index contributed by atoms with van der Waals surface area (Å²) in [7, 11) is -1.01. The Morgan fingerprint density at radius 1 is 0.606 bits per heavy atom. The predicted octanol–water partition coefficient (Wildman–Crippen LogP) is 8.03. The zero-order valence-electron chi connectivity index (χ0n) is 19.2. The summed E-state index contributed by atoms with van der Waals surface area (Å²) in [5.74, 6) is 0. The third-order valence-electron chi connectivity index (χ3n) is 6.50. The lowest BCUT2D eigenvalue weighted by Gasteiger charge is -2.42. The highest BCUT2D eigenvalue weighted by molar-refractivity contribution is 7.79. The van der Waals surface area contributed by atoms with E-state index in [-0.39, 0.29) is 0 Å². The van der Waals surface area contributed by atoms with Crippen molar-refractivity contribution >= 4 is 26.8 Å². The van der Waals surface area contributed by atoms with E-state index in [4.69, 9.17) is 0 Å². The lowest BCUT2D eigenvalue weighted by molar-refractivity contribution is 0.734. The van der Waals surface area contributed by atoms with Crippen LogP contribution in [0.2, 0.25) is 0 Å². The second-order valence-electron chi connectivity index (χ2n) is 8.48. The maximum Gasteiger partial charge on any atom is 0.0318 e. The second kappa shape index (κ2) is 10.8. The fourth-order valence-corrected chi connectivity index (χ4v) is 12.5. The van der Waals surface area contributed by atoms with Gasteiger partial charge in [-0.1, -0.05) is 128 Å². The highest BCUT2D eigenvalue weighted by Crippen LogP contribution is 2.76. The molecule has 4 aromatic carbocycles. The zero-order chi connectivity index (χ0) is 22.5. The fourth-order valence-electron chi connectivity index (χ4n) is 5.07. The molecular formula is C30H31NP2. The third kappa shape index (κ3) is 4.83. The van der Waals surface area contributed by atoms with E-state index in [0.29, 0.717) is 11.3 Å². The van der Waals surface area contributed by atoms with Gasteiger partial charge in [-0.3, -0.25) is 4.44 Å². The molecule has 1 aliphatic heterocycles. The van der Waals surface area contributed by atoms with Crippen LogP contribution in [0.4, 0.5) is 0 Å². The average Bonchev–Trinajstić information content (AvgIpc) is 3.34. The van der Waals surface area contributed by atoms with E-state index in [1.54, 1.807) is 0 Å². The molecule has 0 spiro atoms. The van der Waals surface area contributed by atoms with Gasteiger partial charge in [0, 0.05) is 25.9 Å². The highest BCUT2D eigenvalue weighted by atomic mass is 31.2. The van der Waals surface area contributed by atoms with Gasteiger partial charge in [-0.25, -0.2) is 0 Å². The van der Waals surface area contributed by atoms with Gasteiger partial charge in [0.15, 0.2) is 0 Å². The molecule has 0 N–H and O–H groups in total. The van der Waals surface area contributed by atoms with Gasteiger partial charge in [0.2, 0.25) is 0 Å². The summed E-state index contributed by atoms with van der Waals surface area (Å²) in [6.07, 6.45) is 2.52. The maximum absolute atomic E-state index is 2.91. The summed E-state index contributed by atoms with van der Waals surface area (Å²) in [6.45, 7) is 3.43. The molecule has 0 bridgehead atoms. The van der Waals surface area contributed by atoms with Crippen molar-refractivity contribution in [1.82, 2.24) is 4.44 Å². The van der Waals surface area contributed by atoms with Gasteiger partial charge in [0.1, 0.15) is 0 Å². The Hall–Kier alpha value is -2.30. The first-order valence-electron chi connectivity index (χ1n) is 11.9. The molecule has 3 heteroatoms. The van der Waals surface area contributed by atoms with Crippen molar-refractivity contribution in [2.75, 3.05) is 6.54 Å². The minimum Gasteiger partial charge on any atom is -0.252 e. The Morgan fingerprint density at radius 3 is 1.33 bits per heavy atom. The Kier molecular flexibility index (Phi) is 7.33. The lowest BCUT2D eigenvalue weighted by Crippen LogP contribution is -2.26. The second-order valence-corrected chi connectivity index (χ2v) is 13.4. The molecule has 0 saturated carbocycles. The average molecular weight is 468 g/mol. The topological polar surface area (TPSA) is 3.24 Å². The van der Waals surface area contributed by atoms with Gasteiger partial charge >= 0.3 is 0 Å². The molecule has 2 atom stereocenters. The minimum atomic E-state index is -0.597. The number of benzene rings is 4. The van der Waals surface area contributed by atoms with Crippen LogP contribution in [-0.2, 0) is 0 Å². The summed E-state index contributed by atoms with van der Waals surface area (Å²) in [4.78, 5) is 0. The van der Waals surface area contributed by atoms with Gasteiger partial charge in [-0.2, -0.15) is 0 Å². The first-order valence-corrected chi connectivity index (χ1v) is 14.7. The fraction of sp³-hybridized carbons (Fsp3) is 0.200. The van der Waals surface area contributed by atoms with E-state index >= 15 is 0 Å². The highest BCUT2D eigenvalue weighted by Gasteiger charge is 2.43. The molecule has 1 nitrogen and oxygen atoms in total. The number of rotatable bonds is 7. The van der Waals surface area contributed by atoms with E-state index in [1.165, 1.54) is 34.6 Å². The molecule has 0 unspecified atom stereocenters. The van der Waals surface area contributed by atoms with Crippen LogP contribution >= 0.6 is 16.1 Å². The molecule has 1 saturated heterocycles. The van der Waals surface area contributed by atoms with Gasteiger partial charge < -0.3 is 0 Å². The largest absolute Gasteiger partial charge is 0.252 e. The molecule has 5 rings (SSSR count). The van der Waals surface area contributed by atoms with E-state index in [1.807, 2.05) is 0 Å². The smallest absolute Gasteiger partial charge is 0.0318 e. The molecule has 0 radical (unpaired) electrons. The summed E-state index contributed by atoms with van der Waals surface area (Å²) in [5, 5.41) is 2.90. The third-order valence-corrected chi connectivity index (χ3v) is 13.2. The molecule has 33 heavy (non-hydrogen) atoms. The molecular weight excluding hydrogens is 436 g/mol. The van der Waals surface area contributed by atoms with Crippen molar-refractivity contribution in [2.24, 2.45) is 0 Å². The first kappa shape index (κ1) is 22.5. The monoisotopic (exact) mass is 467 g/mol. The van der Waals surface area contributed by atoms with Crippen LogP contribution in [0.3, 0.4) is 0 Å². The van der Waals surface area contributed by atoms with Crippen LogP contribution in [-0.4, -0.2) is 11.0 Å². The van der Waals surface area contributed by atoms with Crippen LogP contribution in [0.25, 0.3) is 0 Å². The van der Waals surface area contributed by atoms with Gasteiger partial charge in [0.05, 0.1) is 0 Å². The minimum absolute atomic E-state index is 0.413. The lowest BCUT2D eigenvalue weighted by atomic mass is 10.0. The van der Waals surface area contributed by atoms with Crippen LogP contribution in [0.15, 0.2) is 121 Å². The molecule has 1 heterocycles. The predicted molar refractivity (Wildman–Crippen MR) is 146 cm³/mol. The molecule has 0 amide bonds. The standard InChI is InChI=1S/C30H31NP2/c1-2-31(32(27-19-11-5-12-20-27)28-21-13-6-14-22-28)33-29(25-15-7-3-8-16-25)23-24-30(33)26-17-9-4-10-18-26/h3-22,29-30H,2,23-24H2,1H3/t29-,30-/m0/s1. The normalized spacial score (nSPS) is 18.8. The Bertz CT molecular complexity index is 1030. The van der Waals surface area contributed by atoms with Gasteiger partial charge in [-0.15, -0.1) is 0 Å². The molecule has 0 aliphatic carbocycles. The SMILES string of the molecule is CCN(P(c1ccccc1)c1ccccc1)P1[C@H](c2ccccc2)CC[C@H]1c1ccccc1. The number of hydrogen-bond donors (Lipinski definition) is 0. The number of hydrogen-bond acceptors (Lipinski definition) is 1. The van der Waals surface area contributed by atoms with Gasteiger partial charge in [-0.05, 0) is 42.6 Å². The summed E-state index contributed by atoms with van der Waals surface area (Å²) >= 11 is 0. The first-order chi connectivity index (χ1) is 16.4. The van der Waals surface area contributed by atoms with Crippen LogP contribution in [0.1, 0.15) is 42.2 Å². The van der Waals surface area contributed by atoms with Crippen molar-refractivity contribution in [3.63, 3.8) is 0 Å². The van der Waals surface area contributed by atoms with Crippen LogP contribution in [0, 0.1) is 0 Å². The van der Waals surface area contributed by atoms with Crippen molar-refractivity contribution < 1.29 is 0 Å². The van der Waals surface area contributed by atoms with Crippen LogP contribution < -0.4 is 10.6 Å². The van der Waals surface area contributed by atoms with E-state index in [2.05, 4.69) is 133 Å². The van der Waals surface area contributed by atoms with E-state index in [0.717, 1.165) is 6.54 Å². The zero-order valence-corrected chi connectivity index (χ0v) is 21.0. The molecule has 1 aliphatic rings. The maximum atomic E-state index is 2.91. The molecule has 4 aromatic rings. The van der Waals surface area contributed by atoms with Crippen molar-refractivity contribution in [3.05, 3.63) is 132 Å². The van der Waals surface area contributed by atoms with E-state index < -0.39 is 16.1 Å². The van der Waals surface area contributed by atoms with Gasteiger partial charge in [0.25, 0.3) is 0 Å². The summed E-state index contributed by atoms with van der Waals surface area (Å²) in [6, 6.07) is 45.0. The molecule has 166 valence electrons. The van der Waals surface area contributed by atoms with Crippen molar-refractivity contribution in [3.8, 4) is 0 Å². The quantitative estimate of drug-likeness (QED) is 0.249. The summed E-state index contributed by atoms with van der Waals surface area (Å²) in [5.41, 5.74) is 4.22. The van der Waals surface area contributed by atoms with Crippen LogP contribution in [0.5, 0.6) is 0 Å². The van der Waals surface area contributed by atoms with Crippen molar-refractivity contribution in [1.29, 1.82) is 0 Å². The molecule has 1 fully saturated rings. The Morgan fingerprint density at radius 2 is 0.970 bits per heavy atom. The Labute approximate surface area is 201 Å². The van der Waals surface area contributed by atoms with Crippen molar-refractivity contribution in [2.45, 2.75) is 31.1 Å².